The molecule has 0 spiro atoms. The van der Waals surface area contributed by atoms with Crippen LogP contribution in [0.1, 0.15) is 84.8 Å². The Kier molecular flexibility index (Phi) is 20.5. The molecule has 65 heavy (non-hydrogen) atoms. The predicted octanol–water partition coefficient (Wildman–Crippen LogP) is 11.2. The molecule has 0 aliphatic carbocycles. The number of rotatable bonds is 25. The number of carbonyl (C=O) groups excluding carboxylic acids is 3. The van der Waals surface area contributed by atoms with Gasteiger partial charge in [-0.15, -0.1) is 0 Å². The summed E-state index contributed by atoms with van der Waals surface area (Å²) in [5.74, 6) is 5.03. The summed E-state index contributed by atoms with van der Waals surface area (Å²) in [5.41, 5.74) is 5.92. The second-order valence-electron chi connectivity index (χ2n) is 17.3. The number of amides is 2. The van der Waals surface area contributed by atoms with E-state index in [9.17, 15) is 14.4 Å². The number of aromatic nitrogens is 1. The molecule has 1 heterocycles. The largest absolute Gasteiger partial charge is 0.497 e. The van der Waals surface area contributed by atoms with Crippen LogP contribution in [-0.4, -0.2) is 103 Å². The second-order valence-corrected chi connectivity index (χ2v) is 19.9. The number of halogens is 1. The van der Waals surface area contributed by atoms with Crippen LogP contribution in [0, 0.1) is 13.8 Å². The minimum Gasteiger partial charge on any atom is -0.497 e. The van der Waals surface area contributed by atoms with E-state index in [-0.39, 0.29) is 24.3 Å². The van der Waals surface area contributed by atoms with Crippen molar-refractivity contribution in [3.8, 4) is 11.5 Å². The van der Waals surface area contributed by atoms with Crippen molar-refractivity contribution >= 4 is 63.9 Å². The first-order valence-electron chi connectivity index (χ1n) is 22.5. The molecule has 4 aromatic carbocycles. The zero-order valence-corrected chi connectivity index (χ0v) is 41.6. The van der Waals surface area contributed by atoms with E-state index in [4.69, 9.17) is 25.8 Å². The molecule has 0 aliphatic heterocycles. The van der Waals surface area contributed by atoms with Gasteiger partial charge in [0.1, 0.15) is 17.1 Å². The molecule has 0 radical (unpaired) electrons. The first-order valence-corrected chi connectivity index (χ1v) is 25.2. The fourth-order valence-electron chi connectivity index (χ4n) is 7.48. The maximum absolute atomic E-state index is 13.7. The lowest BCUT2D eigenvalue weighted by Gasteiger charge is -2.30. The summed E-state index contributed by atoms with van der Waals surface area (Å²) in [5, 5.41) is 4.62. The van der Waals surface area contributed by atoms with Crippen LogP contribution in [0.3, 0.4) is 0 Å². The summed E-state index contributed by atoms with van der Waals surface area (Å²) in [6.45, 7) is 14.0. The number of methoxy groups -OCH3 is 2. The van der Waals surface area contributed by atoms with E-state index in [1.54, 1.807) is 54.8 Å². The molecule has 0 saturated heterocycles. The first kappa shape index (κ1) is 51.4. The molecule has 10 nitrogen and oxygen atoms in total. The highest BCUT2D eigenvalue weighted by atomic mass is 35.5. The Bertz CT molecular complexity index is 2280. The van der Waals surface area contributed by atoms with E-state index >= 15 is 0 Å². The number of unbranched alkanes of at least 4 members (excludes halogenated alkanes) is 3. The van der Waals surface area contributed by atoms with Gasteiger partial charge in [-0.25, -0.2) is 4.79 Å². The van der Waals surface area contributed by atoms with Gasteiger partial charge in [-0.05, 0) is 131 Å². The average molecular weight is 944 g/mol. The number of carbonyl (C=O) groups is 3. The van der Waals surface area contributed by atoms with Crippen molar-refractivity contribution in [2.45, 2.75) is 83.8 Å². The Morgan fingerprint density at radius 2 is 1.31 bits per heavy atom. The molecule has 5 rings (SSSR count). The molecule has 2 amide bonds. The van der Waals surface area contributed by atoms with Crippen molar-refractivity contribution in [1.29, 1.82) is 0 Å². The molecule has 350 valence electrons. The maximum Gasteiger partial charge on any atom is 0.410 e. The van der Waals surface area contributed by atoms with Gasteiger partial charge >= 0.3 is 6.09 Å². The Labute approximate surface area is 400 Å². The number of ether oxygens (including phenoxy) is 3. The molecule has 5 aromatic rings. The third kappa shape index (κ3) is 16.6. The number of hydrogen-bond donors (Lipinski definition) is 1. The van der Waals surface area contributed by atoms with E-state index in [2.05, 4.69) is 40.5 Å². The highest BCUT2D eigenvalue weighted by Gasteiger charge is 2.24. The van der Waals surface area contributed by atoms with Crippen LogP contribution in [0.4, 0.5) is 4.79 Å². The molecule has 13 heteroatoms. The minimum absolute atomic E-state index is 0.0559. The zero-order valence-electron chi connectivity index (χ0n) is 39.3. The maximum atomic E-state index is 13.7. The topological polar surface area (TPSA) is 102 Å². The van der Waals surface area contributed by atoms with Gasteiger partial charge < -0.3 is 29.3 Å². The number of benzene rings is 4. The highest BCUT2D eigenvalue weighted by molar-refractivity contribution is 7.98. The van der Waals surface area contributed by atoms with Gasteiger partial charge in [0, 0.05) is 77.4 Å². The highest BCUT2D eigenvalue weighted by Crippen LogP contribution is 2.29. The van der Waals surface area contributed by atoms with Crippen molar-refractivity contribution in [3.05, 3.63) is 130 Å². The van der Waals surface area contributed by atoms with Crippen molar-refractivity contribution in [2.24, 2.45) is 0 Å². The molecule has 0 unspecified atom stereocenters. The summed E-state index contributed by atoms with van der Waals surface area (Å²) < 4.78 is 18.2. The van der Waals surface area contributed by atoms with Gasteiger partial charge in [-0.2, -0.15) is 23.5 Å². The summed E-state index contributed by atoms with van der Waals surface area (Å²) >= 11 is 9.81. The first-order chi connectivity index (χ1) is 31.2. The molecular weight excluding hydrogens is 876 g/mol. The Morgan fingerprint density at radius 1 is 0.708 bits per heavy atom. The average Bonchev–Trinajstić information content (AvgIpc) is 3.55. The van der Waals surface area contributed by atoms with E-state index in [1.807, 2.05) is 87.7 Å². The smallest absolute Gasteiger partial charge is 0.410 e. The number of thioether (sulfide) groups is 2. The second kappa shape index (κ2) is 25.9. The van der Waals surface area contributed by atoms with E-state index in [0.29, 0.717) is 30.2 Å². The van der Waals surface area contributed by atoms with Crippen LogP contribution in [0.25, 0.3) is 10.9 Å². The number of hydrogen-bond acceptors (Lipinski definition) is 9. The summed E-state index contributed by atoms with van der Waals surface area (Å²) in [6.07, 6.45) is 3.82. The Morgan fingerprint density at radius 3 is 1.91 bits per heavy atom. The molecular formula is C52H67ClN4O6S2. The number of nitrogens with one attached hydrogen (secondary N) is 1. The summed E-state index contributed by atoms with van der Waals surface area (Å²) in [6, 6.07) is 29.2. The van der Waals surface area contributed by atoms with Crippen LogP contribution in [0.2, 0.25) is 5.02 Å². The van der Waals surface area contributed by atoms with E-state index < -0.39 is 5.60 Å². The summed E-state index contributed by atoms with van der Waals surface area (Å²) in [4.78, 5) is 44.8. The standard InChI is InChI=1S/C52H67ClN4O6S2/c1-38-12-25-48-47(34-38)46(39(2)57(48)50(59)42-17-19-43(53)20-18-42)35-49(58)54-26-10-8-9-11-27-55(30-32-64-36-40-13-21-44(61-6)22-14-40)28-29-56(51(60)63-52(3,4)5)31-33-65-37-41-15-23-45(62-7)24-16-41/h12-25,34H,8-11,26-33,35-37H2,1-7H3,(H,54,58). The molecule has 0 aliphatic rings. The van der Waals surface area contributed by atoms with E-state index in [0.717, 1.165) is 108 Å². The molecule has 1 N–H and O–H groups in total. The summed E-state index contributed by atoms with van der Waals surface area (Å²) in [7, 11) is 3.35. The van der Waals surface area contributed by atoms with Crippen molar-refractivity contribution in [1.82, 2.24) is 19.7 Å². The van der Waals surface area contributed by atoms with Gasteiger partial charge in [0.05, 0.1) is 26.2 Å². The van der Waals surface area contributed by atoms with Gasteiger partial charge in [0.25, 0.3) is 5.91 Å². The third-order valence-electron chi connectivity index (χ3n) is 11.1. The van der Waals surface area contributed by atoms with E-state index in [1.165, 1.54) is 11.1 Å². The molecule has 0 fully saturated rings. The van der Waals surface area contributed by atoms with Crippen molar-refractivity contribution < 1.29 is 28.6 Å². The van der Waals surface area contributed by atoms with Crippen LogP contribution in [-0.2, 0) is 27.5 Å². The van der Waals surface area contributed by atoms with Crippen LogP contribution in [0.5, 0.6) is 11.5 Å². The fraction of sp³-hybridized carbons (Fsp3) is 0.442. The predicted molar refractivity (Wildman–Crippen MR) is 270 cm³/mol. The van der Waals surface area contributed by atoms with Crippen LogP contribution < -0.4 is 14.8 Å². The quantitative estimate of drug-likeness (QED) is 0.0573. The zero-order chi connectivity index (χ0) is 46.8. The Balaban J connectivity index is 1.12. The van der Waals surface area contributed by atoms with Crippen molar-refractivity contribution in [2.75, 3.05) is 65.0 Å². The minimum atomic E-state index is -0.583. The van der Waals surface area contributed by atoms with Crippen LogP contribution in [0.15, 0.2) is 91.0 Å². The number of nitrogens with zero attached hydrogens (tertiary/aromatic N) is 3. The van der Waals surface area contributed by atoms with Crippen LogP contribution >= 0.6 is 35.1 Å². The molecule has 0 bridgehead atoms. The lowest BCUT2D eigenvalue weighted by atomic mass is 10.1. The lowest BCUT2D eigenvalue weighted by molar-refractivity contribution is -0.120. The van der Waals surface area contributed by atoms with Gasteiger partial charge in [0.15, 0.2) is 0 Å². The Hall–Kier alpha value is -4.62. The fourth-order valence-corrected chi connectivity index (χ4v) is 9.49. The molecule has 0 saturated carbocycles. The third-order valence-corrected chi connectivity index (χ3v) is 13.4. The normalized spacial score (nSPS) is 11.5. The SMILES string of the molecule is COc1ccc(CSCCN(CCCCCCNC(=O)Cc2c(C)n(C(=O)c3ccc(Cl)cc3)c3ccc(C)cc23)CCN(CCSCc2ccc(OC)cc2)C(=O)OC(C)(C)C)cc1. The van der Waals surface area contributed by atoms with Gasteiger partial charge in [-0.1, -0.05) is 60.3 Å². The molecule has 1 aromatic heterocycles. The number of fused-ring (bicyclic) bond motifs is 1. The van der Waals surface area contributed by atoms with Gasteiger partial charge in [0.2, 0.25) is 5.91 Å². The van der Waals surface area contributed by atoms with Crippen molar-refractivity contribution in [3.63, 3.8) is 0 Å². The monoisotopic (exact) mass is 942 g/mol. The van der Waals surface area contributed by atoms with Gasteiger partial charge in [-0.3, -0.25) is 14.2 Å². The molecule has 0 atom stereocenters. The lowest BCUT2D eigenvalue weighted by Crippen LogP contribution is -2.43. The number of aryl methyl sites for hydroxylation is 1.